The number of nitrogens with zero attached hydrogens (tertiary/aromatic N) is 2. The number of rotatable bonds is 5. The average Bonchev–Trinajstić information content (AvgIpc) is 3.02. The molecule has 0 saturated carbocycles. The van der Waals surface area contributed by atoms with Crippen molar-refractivity contribution in [1.29, 1.82) is 0 Å². The second-order valence-corrected chi connectivity index (χ2v) is 7.94. The van der Waals surface area contributed by atoms with Crippen molar-refractivity contribution in [1.82, 2.24) is 9.55 Å². The molecule has 1 N–H and O–H groups in total. The zero-order valence-corrected chi connectivity index (χ0v) is 15.8. The van der Waals surface area contributed by atoms with Crippen LogP contribution < -0.4 is 4.72 Å². The number of carbonyl (C=O) groups excluding carboxylic acids is 1. The molecule has 0 saturated heterocycles. The second-order valence-electron chi connectivity index (χ2n) is 5.45. The summed E-state index contributed by atoms with van der Waals surface area (Å²) in [7, 11) is -2.20. The molecular weight excluding hydrogens is 397 g/mol. The van der Waals surface area contributed by atoms with Crippen LogP contribution in [-0.4, -0.2) is 23.8 Å². The van der Waals surface area contributed by atoms with Crippen molar-refractivity contribution in [2.45, 2.75) is 4.90 Å². The fourth-order valence-electron chi connectivity index (χ4n) is 2.30. The molecule has 1 heterocycles. The predicted molar refractivity (Wildman–Crippen MR) is 100 cm³/mol. The molecule has 3 aromatic rings. The molecule has 2 aromatic carbocycles. The number of nitrogens with one attached hydrogen (secondary N) is 1. The van der Waals surface area contributed by atoms with Crippen molar-refractivity contribution in [2.24, 2.45) is 7.05 Å². The largest absolute Gasteiger partial charge is 0.331 e. The molecule has 134 valence electrons. The molecule has 9 heteroatoms. The quantitative estimate of drug-likeness (QED) is 0.650. The summed E-state index contributed by atoms with van der Waals surface area (Å²) in [5.74, 6) is 0.0360. The number of carbonyl (C=O) groups is 1. The molecule has 3 rings (SSSR count). The van der Waals surface area contributed by atoms with E-state index < -0.39 is 10.0 Å². The minimum absolute atomic E-state index is 0.0588. The van der Waals surface area contributed by atoms with Crippen LogP contribution in [0.5, 0.6) is 0 Å². The number of anilines is 1. The summed E-state index contributed by atoms with van der Waals surface area (Å²) in [6.07, 6.45) is 3.20. The highest BCUT2D eigenvalue weighted by Gasteiger charge is 2.19. The normalized spacial score (nSPS) is 11.3. The molecule has 26 heavy (non-hydrogen) atoms. The van der Waals surface area contributed by atoms with E-state index >= 15 is 0 Å². The van der Waals surface area contributed by atoms with Crippen LogP contribution >= 0.6 is 23.2 Å². The molecule has 0 fully saturated rings. The summed E-state index contributed by atoms with van der Waals surface area (Å²) in [6, 6.07) is 10.2. The van der Waals surface area contributed by atoms with Crippen LogP contribution in [0.15, 0.2) is 59.8 Å². The lowest BCUT2D eigenvalue weighted by Crippen LogP contribution is -2.14. The van der Waals surface area contributed by atoms with Crippen LogP contribution in [0.3, 0.4) is 0 Å². The van der Waals surface area contributed by atoms with Crippen LogP contribution in [0.1, 0.15) is 16.2 Å². The van der Waals surface area contributed by atoms with E-state index in [0.717, 1.165) is 0 Å². The Kier molecular flexibility index (Phi) is 5.04. The number of imidazole rings is 1. The van der Waals surface area contributed by atoms with Crippen LogP contribution in [0.2, 0.25) is 10.0 Å². The molecule has 0 bridgehead atoms. The predicted octanol–water partition coefficient (Wildman–Crippen LogP) is 3.76. The highest BCUT2D eigenvalue weighted by Crippen LogP contribution is 2.27. The van der Waals surface area contributed by atoms with E-state index in [9.17, 15) is 13.2 Å². The monoisotopic (exact) mass is 409 g/mol. The molecule has 0 aliphatic carbocycles. The van der Waals surface area contributed by atoms with Gasteiger partial charge < -0.3 is 4.57 Å². The summed E-state index contributed by atoms with van der Waals surface area (Å²) >= 11 is 11.8. The topological polar surface area (TPSA) is 81.1 Å². The molecule has 0 amide bonds. The fourth-order valence-corrected chi connectivity index (χ4v) is 4.12. The summed E-state index contributed by atoms with van der Waals surface area (Å²) in [5.41, 5.74) is 0.681. The van der Waals surface area contributed by atoms with Gasteiger partial charge in [0.05, 0.1) is 5.02 Å². The number of benzene rings is 2. The second kappa shape index (κ2) is 7.11. The maximum atomic E-state index is 12.5. The number of halogens is 2. The first kappa shape index (κ1) is 18.4. The lowest BCUT2D eigenvalue weighted by atomic mass is 10.1. The highest BCUT2D eigenvalue weighted by atomic mass is 35.5. The maximum absolute atomic E-state index is 12.5. The number of sulfonamides is 1. The van der Waals surface area contributed by atoms with Crippen LogP contribution in [0, 0.1) is 0 Å². The molecule has 1 aromatic heterocycles. The van der Waals surface area contributed by atoms with E-state index in [4.69, 9.17) is 23.2 Å². The van der Waals surface area contributed by atoms with Gasteiger partial charge in [0.1, 0.15) is 4.90 Å². The number of ketones is 1. The Labute approximate surface area is 160 Å². The van der Waals surface area contributed by atoms with E-state index in [1.807, 2.05) is 0 Å². The summed E-state index contributed by atoms with van der Waals surface area (Å²) in [5, 5.41) is 0.314. The number of aryl methyl sites for hydroxylation is 1. The van der Waals surface area contributed by atoms with Crippen molar-refractivity contribution in [3.8, 4) is 0 Å². The average molecular weight is 410 g/mol. The van der Waals surface area contributed by atoms with Gasteiger partial charge in [-0.15, -0.1) is 0 Å². The molecule has 0 aliphatic heterocycles. The first-order valence-electron chi connectivity index (χ1n) is 7.38. The smallest absolute Gasteiger partial charge is 0.263 e. The van der Waals surface area contributed by atoms with E-state index in [1.54, 1.807) is 17.8 Å². The number of hydrogen-bond acceptors (Lipinski definition) is 4. The zero-order chi connectivity index (χ0) is 18.9. The van der Waals surface area contributed by atoms with Gasteiger partial charge in [-0.3, -0.25) is 9.52 Å². The lowest BCUT2D eigenvalue weighted by molar-refractivity contribution is 0.102. The Morgan fingerprint density at radius 3 is 2.42 bits per heavy atom. The van der Waals surface area contributed by atoms with Gasteiger partial charge in [0, 0.05) is 35.7 Å². The maximum Gasteiger partial charge on any atom is 0.263 e. The van der Waals surface area contributed by atoms with Gasteiger partial charge in [0.15, 0.2) is 5.82 Å². The minimum Gasteiger partial charge on any atom is -0.331 e. The van der Waals surface area contributed by atoms with Crippen LogP contribution in [-0.2, 0) is 17.1 Å². The van der Waals surface area contributed by atoms with Gasteiger partial charge in [0.25, 0.3) is 10.0 Å². The summed E-state index contributed by atoms with van der Waals surface area (Å²) in [6.45, 7) is 0. The Hall–Kier alpha value is -2.35. The van der Waals surface area contributed by atoms with Gasteiger partial charge >= 0.3 is 0 Å². The summed E-state index contributed by atoms with van der Waals surface area (Å²) in [4.78, 5) is 16.3. The zero-order valence-electron chi connectivity index (χ0n) is 13.5. The molecule has 0 spiro atoms. The lowest BCUT2D eigenvalue weighted by Gasteiger charge is -2.10. The van der Waals surface area contributed by atoms with Gasteiger partial charge in [-0.25, -0.2) is 13.4 Å². The first-order valence-corrected chi connectivity index (χ1v) is 9.62. The summed E-state index contributed by atoms with van der Waals surface area (Å²) < 4.78 is 29.0. The van der Waals surface area contributed by atoms with Crippen molar-refractivity contribution in [3.05, 3.63) is 76.3 Å². The van der Waals surface area contributed by atoms with Gasteiger partial charge in [0.2, 0.25) is 5.78 Å². The molecule has 0 atom stereocenters. The Morgan fingerprint density at radius 1 is 1.12 bits per heavy atom. The van der Waals surface area contributed by atoms with E-state index in [2.05, 4.69) is 9.71 Å². The van der Waals surface area contributed by atoms with E-state index in [-0.39, 0.29) is 26.4 Å². The van der Waals surface area contributed by atoms with Crippen LogP contribution in [0.4, 0.5) is 5.69 Å². The standard InChI is InChI=1S/C17H13Cl2N3O3S/c1-22-9-8-20-17(22)16(23)11-2-5-13(6-3-11)21-26(24,25)15-10-12(18)4-7-14(15)19/h2-10,21H,1H3. The number of aromatic nitrogens is 2. The fraction of sp³-hybridized carbons (Fsp3) is 0.0588. The molecule has 6 nitrogen and oxygen atoms in total. The van der Waals surface area contributed by atoms with E-state index in [1.165, 1.54) is 48.7 Å². The van der Waals surface area contributed by atoms with Gasteiger partial charge in [-0.1, -0.05) is 23.2 Å². The molecular formula is C17H13Cl2N3O3S. The first-order chi connectivity index (χ1) is 12.3. The Bertz CT molecular complexity index is 1080. The molecule has 0 radical (unpaired) electrons. The minimum atomic E-state index is -3.92. The van der Waals surface area contributed by atoms with E-state index in [0.29, 0.717) is 11.4 Å². The third-order valence-corrected chi connectivity index (χ3v) is 5.70. The third-order valence-electron chi connectivity index (χ3n) is 3.61. The molecule has 0 aliphatic rings. The van der Waals surface area contributed by atoms with Gasteiger partial charge in [-0.05, 0) is 42.5 Å². The van der Waals surface area contributed by atoms with Crippen molar-refractivity contribution >= 4 is 44.7 Å². The van der Waals surface area contributed by atoms with Gasteiger partial charge in [-0.2, -0.15) is 0 Å². The van der Waals surface area contributed by atoms with Crippen molar-refractivity contribution < 1.29 is 13.2 Å². The van der Waals surface area contributed by atoms with Crippen LogP contribution in [0.25, 0.3) is 0 Å². The highest BCUT2D eigenvalue weighted by molar-refractivity contribution is 7.92. The SMILES string of the molecule is Cn1ccnc1C(=O)c1ccc(NS(=O)(=O)c2cc(Cl)ccc2Cl)cc1. The van der Waals surface area contributed by atoms with Crippen molar-refractivity contribution in [2.75, 3.05) is 4.72 Å². The molecule has 0 unspecified atom stereocenters. The Balaban J connectivity index is 1.84. The van der Waals surface area contributed by atoms with Crippen molar-refractivity contribution in [3.63, 3.8) is 0 Å². The third kappa shape index (κ3) is 3.75. The number of hydrogen-bond donors (Lipinski definition) is 1. The Morgan fingerprint density at radius 2 is 1.81 bits per heavy atom.